The molecule has 0 atom stereocenters. The van der Waals surface area contributed by atoms with Gasteiger partial charge in [-0.1, -0.05) is 45.7 Å². The molecule has 4 heteroatoms. The molecule has 3 rings (SSSR count). The number of phenols is 1. The van der Waals surface area contributed by atoms with Crippen molar-refractivity contribution in [3.8, 4) is 11.4 Å². The third-order valence-electron chi connectivity index (χ3n) is 4.92. The van der Waals surface area contributed by atoms with E-state index in [-0.39, 0.29) is 0 Å². The molecule has 3 aromatic rings. The minimum atomic E-state index is 0.315. The van der Waals surface area contributed by atoms with E-state index in [4.69, 9.17) is 0 Å². The van der Waals surface area contributed by atoms with Crippen molar-refractivity contribution >= 4 is 11.0 Å². The number of aromatic nitrogens is 3. The maximum atomic E-state index is 10.8. The molecule has 138 valence electrons. The van der Waals surface area contributed by atoms with Gasteiger partial charge in [-0.15, -0.1) is 15.0 Å². The molecule has 0 spiro atoms. The lowest BCUT2D eigenvalue weighted by molar-refractivity contribution is 0.459. The van der Waals surface area contributed by atoms with Crippen LogP contribution < -0.4 is 0 Å². The highest BCUT2D eigenvalue weighted by Crippen LogP contribution is 2.30. The van der Waals surface area contributed by atoms with E-state index in [9.17, 15) is 5.11 Å². The first-order chi connectivity index (χ1) is 12.7. The number of benzene rings is 2. The van der Waals surface area contributed by atoms with E-state index in [1.807, 2.05) is 12.1 Å². The van der Waals surface area contributed by atoms with Crippen molar-refractivity contribution in [2.75, 3.05) is 0 Å². The second-order valence-corrected chi connectivity index (χ2v) is 7.00. The summed E-state index contributed by atoms with van der Waals surface area (Å²) < 4.78 is 0. The van der Waals surface area contributed by atoms with Gasteiger partial charge in [-0.3, -0.25) is 0 Å². The Morgan fingerprint density at radius 3 is 2.31 bits per heavy atom. The van der Waals surface area contributed by atoms with Crippen LogP contribution in [0.4, 0.5) is 0 Å². The van der Waals surface area contributed by atoms with Crippen molar-refractivity contribution in [2.24, 2.45) is 0 Å². The van der Waals surface area contributed by atoms with E-state index in [1.54, 1.807) is 4.80 Å². The molecule has 26 heavy (non-hydrogen) atoms. The molecule has 0 saturated carbocycles. The Hall–Kier alpha value is -2.36. The van der Waals surface area contributed by atoms with Crippen LogP contribution in [0.2, 0.25) is 0 Å². The van der Waals surface area contributed by atoms with Gasteiger partial charge in [0.1, 0.15) is 22.5 Å². The number of rotatable bonds is 8. The SMILES string of the molecule is CCCCc1cc(CCCC)c(O)c(-n2nc3ccc(CC)cc3n2)c1. The predicted octanol–water partition coefficient (Wildman–Crippen LogP) is 5.37. The summed E-state index contributed by atoms with van der Waals surface area (Å²) >= 11 is 0. The number of aromatic hydroxyl groups is 1. The van der Waals surface area contributed by atoms with Gasteiger partial charge in [-0.2, -0.15) is 0 Å². The zero-order chi connectivity index (χ0) is 18.5. The largest absolute Gasteiger partial charge is 0.505 e. The average molecular weight is 351 g/mol. The van der Waals surface area contributed by atoms with Gasteiger partial charge in [0.15, 0.2) is 0 Å². The molecule has 4 nitrogen and oxygen atoms in total. The highest BCUT2D eigenvalue weighted by atomic mass is 16.3. The molecule has 0 unspecified atom stereocenters. The molecule has 1 N–H and O–H groups in total. The molecular formula is C22H29N3O. The average Bonchev–Trinajstić information content (AvgIpc) is 3.08. The molecule has 0 bridgehead atoms. The van der Waals surface area contributed by atoms with Crippen LogP contribution in [-0.4, -0.2) is 20.1 Å². The fourth-order valence-electron chi connectivity index (χ4n) is 3.27. The number of aryl methyl sites for hydroxylation is 3. The molecule has 1 heterocycles. The summed E-state index contributed by atoms with van der Waals surface area (Å²) in [6.45, 7) is 6.51. The van der Waals surface area contributed by atoms with Crippen molar-refractivity contribution in [1.82, 2.24) is 15.0 Å². The van der Waals surface area contributed by atoms with E-state index >= 15 is 0 Å². The number of unbranched alkanes of at least 4 members (excludes halogenated alkanes) is 2. The Labute approximate surface area is 155 Å². The molecule has 2 aromatic carbocycles. The summed E-state index contributed by atoms with van der Waals surface area (Å²) in [7, 11) is 0. The van der Waals surface area contributed by atoms with Crippen molar-refractivity contribution in [1.29, 1.82) is 0 Å². The maximum absolute atomic E-state index is 10.8. The van der Waals surface area contributed by atoms with Gasteiger partial charge < -0.3 is 5.11 Å². The van der Waals surface area contributed by atoms with Crippen LogP contribution >= 0.6 is 0 Å². The van der Waals surface area contributed by atoms with E-state index in [2.05, 4.69) is 49.2 Å². The van der Waals surface area contributed by atoms with Gasteiger partial charge in [-0.05, 0) is 67.0 Å². The van der Waals surface area contributed by atoms with Crippen LogP contribution in [0.15, 0.2) is 30.3 Å². The fourth-order valence-corrected chi connectivity index (χ4v) is 3.27. The minimum Gasteiger partial charge on any atom is -0.505 e. The second kappa shape index (κ2) is 8.35. The van der Waals surface area contributed by atoms with Gasteiger partial charge in [0.2, 0.25) is 0 Å². The van der Waals surface area contributed by atoms with Crippen LogP contribution in [-0.2, 0) is 19.3 Å². The van der Waals surface area contributed by atoms with Crippen molar-refractivity contribution in [2.45, 2.75) is 65.7 Å². The molecule has 0 aliphatic carbocycles. The molecule has 0 radical (unpaired) electrons. The smallest absolute Gasteiger partial charge is 0.146 e. The van der Waals surface area contributed by atoms with Crippen molar-refractivity contribution < 1.29 is 5.11 Å². The Kier molecular flexibility index (Phi) is 5.92. The Morgan fingerprint density at radius 2 is 1.58 bits per heavy atom. The number of hydrogen-bond donors (Lipinski definition) is 1. The molecule has 0 aliphatic heterocycles. The molecule has 1 aromatic heterocycles. The molecule has 0 amide bonds. The maximum Gasteiger partial charge on any atom is 0.146 e. The summed E-state index contributed by atoms with van der Waals surface area (Å²) in [5, 5.41) is 20.1. The van der Waals surface area contributed by atoms with Crippen LogP contribution in [0.5, 0.6) is 5.75 Å². The van der Waals surface area contributed by atoms with Gasteiger partial charge >= 0.3 is 0 Å². The fraction of sp³-hybridized carbons (Fsp3) is 0.455. The van der Waals surface area contributed by atoms with Crippen LogP contribution in [0.3, 0.4) is 0 Å². The summed E-state index contributed by atoms with van der Waals surface area (Å²) in [5.41, 5.74) is 5.92. The Balaban J connectivity index is 2.06. The number of phenolic OH excluding ortho intramolecular Hbond substituents is 1. The van der Waals surface area contributed by atoms with Gasteiger partial charge in [0, 0.05) is 0 Å². The first-order valence-corrected chi connectivity index (χ1v) is 9.87. The van der Waals surface area contributed by atoms with Crippen molar-refractivity contribution in [3.63, 3.8) is 0 Å². The Bertz CT molecular complexity index is 882. The molecule has 0 saturated heterocycles. The lowest BCUT2D eigenvalue weighted by Gasteiger charge is -2.12. The van der Waals surface area contributed by atoms with Gasteiger partial charge in [0.05, 0.1) is 0 Å². The quantitative estimate of drug-likeness (QED) is 0.593. The third kappa shape index (κ3) is 3.90. The van der Waals surface area contributed by atoms with E-state index in [0.29, 0.717) is 11.4 Å². The first kappa shape index (κ1) is 18.4. The topological polar surface area (TPSA) is 50.9 Å². The first-order valence-electron chi connectivity index (χ1n) is 9.87. The van der Waals surface area contributed by atoms with Crippen LogP contribution in [0.1, 0.15) is 63.1 Å². The molecule has 0 fully saturated rings. The molecule has 0 aliphatic rings. The molecular weight excluding hydrogens is 322 g/mol. The highest BCUT2D eigenvalue weighted by molar-refractivity contribution is 5.75. The second-order valence-electron chi connectivity index (χ2n) is 7.00. The summed E-state index contributed by atoms with van der Waals surface area (Å²) in [6, 6.07) is 10.4. The van der Waals surface area contributed by atoms with Crippen molar-refractivity contribution in [3.05, 3.63) is 47.0 Å². The van der Waals surface area contributed by atoms with Crippen LogP contribution in [0, 0.1) is 0 Å². The monoisotopic (exact) mass is 351 g/mol. The third-order valence-corrected chi connectivity index (χ3v) is 4.92. The standard InChI is InChI=1S/C22H29N3O/c1-4-7-9-17-13-18(10-8-5-2)22(26)21(15-17)25-23-19-12-11-16(6-3)14-20(19)24-25/h11-15,26H,4-10H2,1-3H3. The van der Waals surface area contributed by atoms with Crippen LogP contribution in [0.25, 0.3) is 16.7 Å². The minimum absolute atomic E-state index is 0.315. The zero-order valence-electron chi connectivity index (χ0n) is 16.1. The Morgan fingerprint density at radius 1 is 0.846 bits per heavy atom. The van der Waals surface area contributed by atoms with E-state index in [0.717, 1.165) is 61.5 Å². The highest BCUT2D eigenvalue weighted by Gasteiger charge is 2.14. The van der Waals surface area contributed by atoms with E-state index < -0.39 is 0 Å². The van der Waals surface area contributed by atoms with E-state index in [1.165, 1.54) is 11.1 Å². The zero-order valence-corrected chi connectivity index (χ0v) is 16.1. The normalized spacial score (nSPS) is 11.3. The lowest BCUT2D eigenvalue weighted by atomic mass is 10.00. The van der Waals surface area contributed by atoms with Gasteiger partial charge in [-0.25, -0.2) is 0 Å². The number of fused-ring (bicyclic) bond motifs is 1. The van der Waals surface area contributed by atoms with Gasteiger partial charge in [0.25, 0.3) is 0 Å². The lowest BCUT2D eigenvalue weighted by Crippen LogP contribution is -2.03. The summed E-state index contributed by atoms with van der Waals surface area (Å²) in [6.07, 6.45) is 7.35. The summed E-state index contributed by atoms with van der Waals surface area (Å²) in [5.74, 6) is 0.315. The number of nitrogens with zero attached hydrogens (tertiary/aromatic N) is 3. The predicted molar refractivity (Wildman–Crippen MR) is 107 cm³/mol. The number of hydrogen-bond acceptors (Lipinski definition) is 3. The summed E-state index contributed by atoms with van der Waals surface area (Å²) in [4.78, 5) is 1.60.